The molecule has 11 nitrogen and oxygen atoms in total. The van der Waals surface area contributed by atoms with Crippen molar-refractivity contribution in [3.05, 3.63) is 59.3 Å². The van der Waals surface area contributed by atoms with Gasteiger partial charge in [0.25, 0.3) is 0 Å². The number of esters is 2. The standard InChI is InChI=1S/C35H46O11/c1-22-9-12-34-20-43-32(40)17-25(19-36)11-14-42-26(24(3)41-13-10-23(2)16-30(37)38)7-5-6-8-31(39)46-27-18-29(45-28(34)15-22)35(21-44-35)33(27,34)4/h5-8,15-17,24,26-29,36H,9-14,18-21H2,1-4H3,(H,37,38). The second-order valence-electron chi connectivity index (χ2n) is 13.3. The normalized spacial score (nSPS) is 37.3. The second-order valence-corrected chi connectivity index (χ2v) is 13.3. The maximum atomic E-state index is 13.2. The summed E-state index contributed by atoms with van der Waals surface area (Å²) in [7, 11) is 0. The number of aliphatic carboxylic acids is 1. The molecule has 5 aliphatic rings. The van der Waals surface area contributed by atoms with Crippen LogP contribution in [0.25, 0.3) is 0 Å². The molecule has 0 aromatic carbocycles. The quantitative estimate of drug-likeness (QED) is 0.181. The third kappa shape index (κ3) is 6.66. The average Bonchev–Trinajstić information content (AvgIpc) is 3.78. The Morgan fingerprint density at radius 3 is 2.67 bits per heavy atom. The number of epoxide rings is 1. The third-order valence-electron chi connectivity index (χ3n) is 10.6. The molecular formula is C35H46O11. The third-order valence-corrected chi connectivity index (χ3v) is 10.6. The molecule has 2 saturated heterocycles. The Morgan fingerprint density at radius 1 is 1.17 bits per heavy atom. The number of carboxylic acids is 1. The van der Waals surface area contributed by atoms with E-state index in [1.165, 1.54) is 17.7 Å². The first kappa shape index (κ1) is 34.3. The summed E-state index contributed by atoms with van der Waals surface area (Å²) in [5.41, 5.74) is 0.349. The fourth-order valence-electron chi connectivity index (χ4n) is 7.68. The largest absolute Gasteiger partial charge is 0.478 e. The predicted octanol–water partition coefficient (Wildman–Crippen LogP) is 3.76. The zero-order valence-electron chi connectivity index (χ0n) is 27.1. The van der Waals surface area contributed by atoms with Crippen LogP contribution in [0.1, 0.15) is 59.8 Å². The number of aliphatic hydroxyl groups excluding tert-OH is 1. The van der Waals surface area contributed by atoms with Crippen molar-refractivity contribution < 1.29 is 53.0 Å². The number of hydrogen-bond acceptors (Lipinski definition) is 10. The lowest BCUT2D eigenvalue weighted by Crippen LogP contribution is -2.66. The molecule has 0 amide bonds. The van der Waals surface area contributed by atoms with Crippen LogP contribution in [0.5, 0.6) is 0 Å². The van der Waals surface area contributed by atoms with Crippen LogP contribution < -0.4 is 0 Å². The Balaban J connectivity index is 1.39. The van der Waals surface area contributed by atoms with Crippen molar-refractivity contribution in [1.82, 2.24) is 0 Å². The number of aliphatic hydroxyl groups is 1. The van der Waals surface area contributed by atoms with E-state index in [9.17, 15) is 19.5 Å². The van der Waals surface area contributed by atoms with Crippen LogP contribution in [0.3, 0.4) is 0 Å². The summed E-state index contributed by atoms with van der Waals surface area (Å²) in [6.45, 7) is 8.37. The minimum atomic E-state index is -1.01. The summed E-state index contributed by atoms with van der Waals surface area (Å²) < 4.78 is 36.9. The Hall–Kier alpha value is -3.09. The summed E-state index contributed by atoms with van der Waals surface area (Å²) in [6, 6.07) is 0. The molecule has 8 atom stereocenters. The van der Waals surface area contributed by atoms with Gasteiger partial charge in [0.05, 0.1) is 50.2 Å². The molecular weight excluding hydrogens is 596 g/mol. The Kier molecular flexibility index (Phi) is 10.4. The lowest BCUT2D eigenvalue weighted by molar-refractivity contribution is -0.232. The van der Waals surface area contributed by atoms with Crippen molar-refractivity contribution in [2.75, 3.05) is 33.0 Å². The van der Waals surface area contributed by atoms with E-state index in [2.05, 4.69) is 19.9 Å². The highest BCUT2D eigenvalue weighted by Gasteiger charge is 2.83. The van der Waals surface area contributed by atoms with Crippen molar-refractivity contribution in [3.63, 3.8) is 0 Å². The zero-order valence-corrected chi connectivity index (χ0v) is 27.1. The van der Waals surface area contributed by atoms with E-state index in [4.69, 9.17) is 33.5 Å². The summed E-state index contributed by atoms with van der Waals surface area (Å²) in [4.78, 5) is 37.3. The molecule has 3 aliphatic heterocycles. The smallest absolute Gasteiger partial charge is 0.331 e. The van der Waals surface area contributed by atoms with E-state index in [0.29, 0.717) is 37.0 Å². The first-order valence-corrected chi connectivity index (χ1v) is 16.1. The first-order valence-electron chi connectivity index (χ1n) is 16.1. The van der Waals surface area contributed by atoms with Gasteiger partial charge in [-0.05, 0) is 52.0 Å². The van der Waals surface area contributed by atoms with Crippen LogP contribution in [0.4, 0.5) is 0 Å². The van der Waals surface area contributed by atoms with Crippen molar-refractivity contribution in [3.8, 4) is 0 Å². The van der Waals surface area contributed by atoms with Crippen LogP contribution in [0.15, 0.2) is 59.3 Å². The number of allylic oxidation sites excluding steroid dienone is 3. The number of cyclic esters (lactones) is 1. The molecule has 1 saturated carbocycles. The average molecular weight is 643 g/mol. The molecule has 3 heterocycles. The van der Waals surface area contributed by atoms with Gasteiger partial charge in [-0.3, -0.25) is 0 Å². The Labute approximate surface area is 269 Å². The molecule has 2 N–H and O–H groups in total. The lowest BCUT2D eigenvalue weighted by Gasteiger charge is -2.58. The van der Waals surface area contributed by atoms with E-state index in [0.717, 1.165) is 12.5 Å². The van der Waals surface area contributed by atoms with Gasteiger partial charge in [0, 0.05) is 30.1 Å². The van der Waals surface area contributed by atoms with E-state index < -0.39 is 52.7 Å². The molecule has 0 radical (unpaired) electrons. The predicted molar refractivity (Wildman–Crippen MR) is 166 cm³/mol. The van der Waals surface area contributed by atoms with Crippen molar-refractivity contribution in [2.45, 2.75) is 95.9 Å². The Bertz CT molecular complexity index is 1340. The monoisotopic (exact) mass is 642 g/mol. The summed E-state index contributed by atoms with van der Waals surface area (Å²) >= 11 is 0. The minimum absolute atomic E-state index is 0.0466. The minimum Gasteiger partial charge on any atom is -0.478 e. The van der Waals surface area contributed by atoms with E-state index in [1.807, 2.05) is 6.92 Å². The summed E-state index contributed by atoms with van der Waals surface area (Å²) in [5.74, 6) is -2.08. The van der Waals surface area contributed by atoms with E-state index in [-0.39, 0.29) is 45.1 Å². The number of carbonyl (C=O) groups excluding carboxylic acids is 2. The van der Waals surface area contributed by atoms with Gasteiger partial charge in [-0.2, -0.15) is 0 Å². The SMILES string of the molecule is CC(=CC(=O)O)CCOC(C)C1C=CC=CC(=O)OC2CC3OC4C=C(C)CCC4(COC(=O)C=C(CO)CCO1)C2(C)C31CO1. The topological polar surface area (TPSA) is 150 Å². The molecule has 46 heavy (non-hydrogen) atoms. The molecule has 0 aromatic rings. The van der Waals surface area contributed by atoms with Gasteiger partial charge in [-0.25, -0.2) is 14.4 Å². The fraction of sp³-hybridized carbons (Fsp3) is 0.629. The van der Waals surface area contributed by atoms with E-state index in [1.54, 1.807) is 25.2 Å². The first-order chi connectivity index (χ1) is 21.9. The summed E-state index contributed by atoms with van der Waals surface area (Å²) in [5, 5.41) is 19.0. The van der Waals surface area contributed by atoms with Gasteiger partial charge in [0.2, 0.25) is 0 Å². The van der Waals surface area contributed by atoms with Crippen LogP contribution in [0, 0.1) is 10.8 Å². The molecule has 2 bridgehead atoms. The maximum Gasteiger partial charge on any atom is 0.331 e. The number of carbonyl (C=O) groups is 3. The van der Waals surface area contributed by atoms with Gasteiger partial charge >= 0.3 is 17.9 Å². The van der Waals surface area contributed by atoms with Crippen LogP contribution in [-0.4, -0.2) is 97.3 Å². The molecule has 8 unspecified atom stereocenters. The number of ether oxygens (including phenoxy) is 6. The number of rotatable bonds is 7. The van der Waals surface area contributed by atoms with Crippen molar-refractivity contribution >= 4 is 17.9 Å². The molecule has 2 spiro atoms. The van der Waals surface area contributed by atoms with Crippen LogP contribution in [-0.2, 0) is 42.8 Å². The van der Waals surface area contributed by atoms with Crippen LogP contribution in [0.2, 0.25) is 0 Å². The number of hydrogen-bond donors (Lipinski definition) is 2. The molecule has 3 fully saturated rings. The molecule has 5 rings (SSSR count). The highest BCUT2D eigenvalue weighted by Crippen LogP contribution is 2.72. The van der Waals surface area contributed by atoms with Crippen molar-refractivity contribution in [1.29, 1.82) is 0 Å². The van der Waals surface area contributed by atoms with Gasteiger partial charge in [-0.15, -0.1) is 0 Å². The van der Waals surface area contributed by atoms with Crippen molar-refractivity contribution in [2.24, 2.45) is 10.8 Å². The molecule has 252 valence electrons. The summed E-state index contributed by atoms with van der Waals surface area (Å²) in [6.07, 6.45) is 11.6. The van der Waals surface area contributed by atoms with Crippen LogP contribution >= 0.6 is 0 Å². The van der Waals surface area contributed by atoms with Gasteiger partial charge in [-0.1, -0.05) is 42.4 Å². The zero-order chi connectivity index (χ0) is 33.1. The fourth-order valence-corrected chi connectivity index (χ4v) is 7.68. The number of carboxylic acid groups (broad SMARTS) is 1. The van der Waals surface area contributed by atoms with Gasteiger partial charge in [0.1, 0.15) is 24.4 Å². The molecule has 11 heteroatoms. The highest BCUT2D eigenvalue weighted by atomic mass is 16.6. The van der Waals surface area contributed by atoms with E-state index >= 15 is 0 Å². The lowest BCUT2D eigenvalue weighted by atomic mass is 9.51. The highest BCUT2D eigenvalue weighted by molar-refractivity contribution is 5.83. The van der Waals surface area contributed by atoms with Gasteiger partial charge in [0.15, 0.2) is 0 Å². The maximum absolute atomic E-state index is 13.2. The molecule has 2 aliphatic carbocycles. The molecule has 0 aromatic heterocycles. The second kappa shape index (κ2) is 13.9. The Morgan fingerprint density at radius 2 is 1.96 bits per heavy atom. The van der Waals surface area contributed by atoms with Gasteiger partial charge < -0.3 is 38.6 Å².